The van der Waals surface area contributed by atoms with Crippen LogP contribution in [0.2, 0.25) is 0 Å². The number of nitrogens with zero attached hydrogens (tertiary/aromatic N) is 2. The number of carboxylic acid groups (broad SMARTS) is 1. The molecule has 2 aliphatic carbocycles. The van der Waals surface area contributed by atoms with Gasteiger partial charge in [0.15, 0.2) is 0 Å². The molecule has 0 aliphatic heterocycles. The summed E-state index contributed by atoms with van der Waals surface area (Å²) in [5, 5.41) is 9.48. The highest BCUT2D eigenvalue weighted by Gasteiger charge is 2.29. The quantitative estimate of drug-likeness (QED) is 0.284. The molecule has 0 saturated heterocycles. The van der Waals surface area contributed by atoms with Crippen LogP contribution in [0.15, 0.2) is 72.8 Å². The maximum atomic E-state index is 11.6. The first kappa shape index (κ1) is 23.8. The van der Waals surface area contributed by atoms with Gasteiger partial charge >= 0.3 is 5.97 Å². The van der Waals surface area contributed by atoms with E-state index in [2.05, 4.69) is 59.2 Å². The van der Waals surface area contributed by atoms with Gasteiger partial charge in [-0.15, -0.1) is 0 Å². The van der Waals surface area contributed by atoms with Gasteiger partial charge in [0.1, 0.15) is 11.6 Å². The van der Waals surface area contributed by atoms with Crippen LogP contribution in [0, 0.1) is 5.92 Å². The molecule has 1 heterocycles. The van der Waals surface area contributed by atoms with Crippen molar-refractivity contribution in [2.24, 2.45) is 5.92 Å². The molecule has 0 radical (unpaired) electrons. The summed E-state index contributed by atoms with van der Waals surface area (Å²) < 4.78 is 8.63. The van der Waals surface area contributed by atoms with Gasteiger partial charge in [-0.05, 0) is 85.5 Å². The Kier molecular flexibility index (Phi) is 6.69. The number of rotatable bonds is 7. The molecule has 3 aromatic carbocycles. The molecular formula is C32H34N2O3. The molecule has 190 valence electrons. The van der Waals surface area contributed by atoms with E-state index < -0.39 is 5.97 Å². The Morgan fingerprint density at radius 3 is 2.43 bits per heavy atom. The summed E-state index contributed by atoms with van der Waals surface area (Å²) in [6.07, 6.45) is 9.67. The van der Waals surface area contributed by atoms with Crippen molar-refractivity contribution >= 4 is 17.0 Å². The molecule has 2 aliphatic rings. The Balaban J connectivity index is 1.24. The number of hydrogen-bond donors (Lipinski definition) is 1. The minimum Gasteiger partial charge on any atom is -0.493 e. The predicted octanol–water partition coefficient (Wildman–Crippen LogP) is 7.87. The number of fused-ring (bicyclic) bond motifs is 1. The Labute approximate surface area is 218 Å². The summed E-state index contributed by atoms with van der Waals surface area (Å²) in [5.74, 6) is 1.99. The van der Waals surface area contributed by atoms with Crippen molar-refractivity contribution in [1.82, 2.24) is 9.55 Å². The van der Waals surface area contributed by atoms with Gasteiger partial charge in [-0.1, -0.05) is 56.0 Å². The van der Waals surface area contributed by atoms with E-state index >= 15 is 0 Å². The lowest BCUT2D eigenvalue weighted by molar-refractivity contribution is 0.0697. The molecule has 2 atom stereocenters. The first-order chi connectivity index (χ1) is 18.2. The average Bonchev–Trinajstić information content (AvgIpc) is 3.57. The second-order valence-electron chi connectivity index (χ2n) is 10.6. The highest BCUT2D eigenvalue weighted by atomic mass is 16.5. The van der Waals surface area contributed by atoms with Crippen molar-refractivity contribution in [3.8, 4) is 17.1 Å². The molecule has 4 aromatic rings. The molecule has 2 fully saturated rings. The Morgan fingerprint density at radius 1 is 0.892 bits per heavy atom. The molecule has 0 bridgehead atoms. The third kappa shape index (κ3) is 4.87. The number of carbonyl (C=O) groups is 1. The van der Waals surface area contributed by atoms with Crippen LogP contribution in [0.25, 0.3) is 22.4 Å². The van der Waals surface area contributed by atoms with E-state index in [4.69, 9.17) is 9.72 Å². The second-order valence-corrected chi connectivity index (χ2v) is 10.6. The first-order valence-electron chi connectivity index (χ1n) is 13.7. The highest BCUT2D eigenvalue weighted by Crippen LogP contribution is 2.40. The van der Waals surface area contributed by atoms with Gasteiger partial charge in [0.25, 0.3) is 0 Å². The van der Waals surface area contributed by atoms with E-state index in [0.717, 1.165) is 47.6 Å². The molecule has 1 N–H and O–H groups in total. The van der Waals surface area contributed by atoms with Crippen molar-refractivity contribution in [1.29, 1.82) is 0 Å². The molecule has 0 spiro atoms. The fourth-order valence-corrected chi connectivity index (χ4v) is 6.42. The smallest absolute Gasteiger partial charge is 0.335 e. The lowest BCUT2D eigenvalue weighted by Gasteiger charge is -2.25. The number of aromatic carboxylic acids is 1. The van der Waals surface area contributed by atoms with Gasteiger partial charge < -0.3 is 14.4 Å². The normalized spacial score (nSPS) is 20.3. The molecule has 37 heavy (non-hydrogen) atoms. The third-order valence-electron chi connectivity index (χ3n) is 8.34. The molecule has 5 heteroatoms. The minimum atomic E-state index is -0.922. The van der Waals surface area contributed by atoms with Crippen LogP contribution in [0.4, 0.5) is 0 Å². The second kappa shape index (κ2) is 10.4. The van der Waals surface area contributed by atoms with Gasteiger partial charge in [0.05, 0.1) is 23.2 Å². The van der Waals surface area contributed by atoms with Gasteiger partial charge in [-0.3, -0.25) is 0 Å². The maximum absolute atomic E-state index is 11.6. The Morgan fingerprint density at radius 2 is 1.68 bits per heavy atom. The Hall–Kier alpha value is -3.60. The molecule has 0 amide bonds. The van der Waals surface area contributed by atoms with Crippen LogP contribution in [-0.2, 0) is 0 Å². The molecule has 2 saturated carbocycles. The summed E-state index contributed by atoms with van der Waals surface area (Å²) in [7, 11) is 0. The predicted molar refractivity (Wildman–Crippen MR) is 146 cm³/mol. The fraction of sp³-hybridized carbons (Fsp3) is 0.375. The fourth-order valence-electron chi connectivity index (χ4n) is 6.42. The largest absolute Gasteiger partial charge is 0.493 e. The van der Waals surface area contributed by atoms with Gasteiger partial charge in [0.2, 0.25) is 0 Å². The number of imidazole rings is 1. The molecule has 5 nitrogen and oxygen atoms in total. The van der Waals surface area contributed by atoms with E-state index in [9.17, 15) is 9.90 Å². The highest BCUT2D eigenvalue weighted by molar-refractivity contribution is 5.93. The summed E-state index contributed by atoms with van der Waals surface area (Å²) in [5.41, 5.74) is 4.50. The van der Waals surface area contributed by atoms with E-state index in [-0.39, 0.29) is 5.56 Å². The van der Waals surface area contributed by atoms with Crippen molar-refractivity contribution in [2.45, 2.75) is 63.3 Å². The summed E-state index contributed by atoms with van der Waals surface area (Å²) in [6, 6.07) is 24.8. The van der Waals surface area contributed by atoms with E-state index in [1.807, 2.05) is 6.07 Å². The maximum Gasteiger partial charge on any atom is 0.335 e. The van der Waals surface area contributed by atoms with E-state index in [0.29, 0.717) is 17.9 Å². The lowest BCUT2D eigenvalue weighted by Crippen LogP contribution is -2.15. The minimum absolute atomic E-state index is 0.275. The zero-order chi connectivity index (χ0) is 25.2. The van der Waals surface area contributed by atoms with Crippen molar-refractivity contribution < 1.29 is 14.6 Å². The van der Waals surface area contributed by atoms with Crippen LogP contribution >= 0.6 is 0 Å². The number of benzene rings is 3. The summed E-state index contributed by atoms with van der Waals surface area (Å²) >= 11 is 0. The van der Waals surface area contributed by atoms with Crippen molar-refractivity contribution in [2.75, 3.05) is 6.61 Å². The van der Waals surface area contributed by atoms with Crippen molar-refractivity contribution in [3.05, 3.63) is 83.9 Å². The molecule has 1 unspecified atom stereocenters. The topological polar surface area (TPSA) is 64.3 Å². The van der Waals surface area contributed by atoms with Crippen LogP contribution in [0.5, 0.6) is 5.75 Å². The van der Waals surface area contributed by atoms with Crippen LogP contribution < -0.4 is 4.74 Å². The van der Waals surface area contributed by atoms with E-state index in [1.54, 1.807) is 12.1 Å². The van der Waals surface area contributed by atoms with Crippen LogP contribution in [-0.4, -0.2) is 27.2 Å². The monoisotopic (exact) mass is 494 g/mol. The average molecular weight is 495 g/mol. The van der Waals surface area contributed by atoms with Gasteiger partial charge in [-0.2, -0.15) is 0 Å². The van der Waals surface area contributed by atoms with Gasteiger partial charge in [-0.25, -0.2) is 9.78 Å². The zero-order valence-corrected chi connectivity index (χ0v) is 21.2. The molecular weight excluding hydrogens is 460 g/mol. The van der Waals surface area contributed by atoms with Crippen LogP contribution in [0.1, 0.15) is 79.2 Å². The standard InChI is InChI=1S/C32H34N2O3/c35-32(36)24-16-19-30-29(20-24)33-31(34(30)26-11-5-2-6-12-26)23-14-17-27(18-15-23)37-21-25-10-7-13-28(25)22-8-3-1-4-9-22/h1,3-4,8-9,14-20,25-26,28H,2,5-7,10-13,21H2,(H,35,36)/t25-,28?/m0/s1. The Bertz CT molecular complexity index is 1370. The number of hydrogen-bond acceptors (Lipinski definition) is 3. The number of aromatic nitrogens is 2. The zero-order valence-electron chi connectivity index (χ0n) is 21.2. The SMILES string of the molecule is O=C(O)c1ccc2c(c1)nc(-c1ccc(OC[C@@H]3CCCC3c3ccccc3)cc1)n2C1CCCCC1. The number of carboxylic acids is 1. The number of ether oxygens (including phenoxy) is 1. The summed E-state index contributed by atoms with van der Waals surface area (Å²) in [6.45, 7) is 0.734. The van der Waals surface area contributed by atoms with Crippen LogP contribution in [0.3, 0.4) is 0 Å². The lowest BCUT2D eigenvalue weighted by atomic mass is 9.89. The third-order valence-corrected chi connectivity index (χ3v) is 8.34. The summed E-state index contributed by atoms with van der Waals surface area (Å²) in [4.78, 5) is 16.5. The molecule has 1 aromatic heterocycles. The van der Waals surface area contributed by atoms with Gasteiger partial charge in [0, 0.05) is 11.6 Å². The van der Waals surface area contributed by atoms with E-state index in [1.165, 1.54) is 44.1 Å². The van der Waals surface area contributed by atoms with Crippen molar-refractivity contribution in [3.63, 3.8) is 0 Å². The molecule has 6 rings (SSSR count). The first-order valence-corrected chi connectivity index (χ1v) is 13.7.